The fourth-order valence-electron chi connectivity index (χ4n) is 2.74. The van der Waals surface area contributed by atoms with Crippen molar-refractivity contribution in [1.29, 1.82) is 0 Å². The van der Waals surface area contributed by atoms with Crippen molar-refractivity contribution in [3.05, 3.63) is 47.7 Å². The SMILES string of the molecule is CN1CCN(C(=O)c2cn[nH]c2N)C(c2ccccc2)C1. The van der Waals surface area contributed by atoms with Crippen LogP contribution in [-0.2, 0) is 0 Å². The summed E-state index contributed by atoms with van der Waals surface area (Å²) >= 11 is 0. The van der Waals surface area contributed by atoms with Crippen molar-refractivity contribution >= 4 is 11.7 Å². The van der Waals surface area contributed by atoms with Crippen LogP contribution in [0.3, 0.4) is 0 Å². The van der Waals surface area contributed by atoms with Crippen molar-refractivity contribution in [2.45, 2.75) is 6.04 Å². The first-order valence-corrected chi connectivity index (χ1v) is 7.00. The van der Waals surface area contributed by atoms with Crippen LogP contribution in [0.4, 0.5) is 5.82 Å². The average molecular weight is 285 g/mol. The summed E-state index contributed by atoms with van der Waals surface area (Å²) in [5.74, 6) is 0.258. The third kappa shape index (κ3) is 2.62. The molecule has 1 amide bonds. The Bertz CT molecular complexity index is 624. The molecule has 110 valence electrons. The number of benzene rings is 1. The Kier molecular flexibility index (Phi) is 3.62. The van der Waals surface area contributed by atoms with Crippen LogP contribution < -0.4 is 5.73 Å². The predicted octanol–water partition coefficient (Wildman–Crippen LogP) is 1.12. The first kappa shape index (κ1) is 13.6. The Morgan fingerprint density at radius 2 is 2.10 bits per heavy atom. The smallest absolute Gasteiger partial charge is 0.259 e. The van der Waals surface area contributed by atoms with Gasteiger partial charge in [-0.3, -0.25) is 9.89 Å². The van der Waals surface area contributed by atoms with Gasteiger partial charge in [-0.05, 0) is 12.6 Å². The standard InChI is InChI=1S/C15H19N5O/c1-19-7-8-20(15(21)12-9-17-18-14(12)16)13(10-19)11-5-3-2-4-6-11/h2-6,9,13H,7-8,10H2,1H3,(H3,16,17,18). The molecular weight excluding hydrogens is 266 g/mol. The second-order valence-corrected chi connectivity index (χ2v) is 5.38. The summed E-state index contributed by atoms with van der Waals surface area (Å²) in [4.78, 5) is 16.9. The molecule has 1 atom stereocenters. The number of hydrogen-bond donors (Lipinski definition) is 2. The number of hydrogen-bond acceptors (Lipinski definition) is 4. The van der Waals surface area contributed by atoms with E-state index in [1.807, 2.05) is 23.1 Å². The molecule has 0 radical (unpaired) electrons. The van der Waals surface area contributed by atoms with Crippen molar-refractivity contribution in [1.82, 2.24) is 20.0 Å². The van der Waals surface area contributed by atoms with Crippen molar-refractivity contribution in [3.63, 3.8) is 0 Å². The van der Waals surface area contributed by atoms with Crippen molar-refractivity contribution in [2.24, 2.45) is 0 Å². The van der Waals surface area contributed by atoms with Gasteiger partial charge in [0.15, 0.2) is 0 Å². The van der Waals surface area contributed by atoms with Crippen molar-refractivity contribution < 1.29 is 4.79 Å². The van der Waals surface area contributed by atoms with E-state index in [1.165, 1.54) is 6.20 Å². The number of rotatable bonds is 2. The molecule has 1 saturated heterocycles. The molecule has 0 aliphatic carbocycles. The Morgan fingerprint density at radius 1 is 1.33 bits per heavy atom. The molecule has 1 fully saturated rings. The van der Waals surface area contributed by atoms with E-state index in [2.05, 4.69) is 34.3 Å². The van der Waals surface area contributed by atoms with Gasteiger partial charge in [0.2, 0.25) is 0 Å². The summed E-state index contributed by atoms with van der Waals surface area (Å²) < 4.78 is 0. The van der Waals surface area contributed by atoms with Crippen LogP contribution in [0.5, 0.6) is 0 Å². The molecule has 2 heterocycles. The van der Waals surface area contributed by atoms with Crippen LogP contribution in [0.15, 0.2) is 36.5 Å². The second-order valence-electron chi connectivity index (χ2n) is 5.38. The van der Waals surface area contributed by atoms with E-state index in [9.17, 15) is 4.79 Å². The van der Waals surface area contributed by atoms with E-state index in [0.717, 1.165) is 18.7 Å². The highest BCUT2D eigenvalue weighted by molar-refractivity contribution is 5.98. The Morgan fingerprint density at radius 3 is 2.76 bits per heavy atom. The molecule has 0 saturated carbocycles. The number of nitrogen functional groups attached to an aromatic ring is 1. The third-order valence-corrected chi connectivity index (χ3v) is 3.93. The van der Waals surface area contributed by atoms with Crippen LogP contribution in [0.2, 0.25) is 0 Å². The molecule has 0 spiro atoms. The minimum Gasteiger partial charge on any atom is -0.383 e. The highest BCUT2D eigenvalue weighted by Gasteiger charge is 2.31. The Hall–Kier alpha value is -2.34. The zero-order valence-electron chi connectivity index (χ0n) is 12.0. The van der Waals surface area contributed by atoms with Crippen LogP contribution >= 0.6 is 0 Å². The van der Waals surface area contributed by atoms with E-state index in [-0.39, 0.29) is 11.9 Å². The van der Waals surface area contributed by atoms with Gasteiger partial charge in [0, 0.05) is 19.6 Å². The van der Waals surface area contributed by atoms with Gasteiger partial charge < -0.3 is 15.5 Å². The lowest BCUT2D eigenvalue weighted by molar-refractivity contribution is 0.0499. The maximum atomic E-state index is 12.7. The summed E-state index contributed by atoms with van der Waals surface area (Å²) in [5.41, 5.74) is 7.37. The zero-order chi connectivity index (χ0) is 14.8. The van der Waals surface area contributed by atoms with Crippen molar-refractivity contribution in [2.75, 3.05) is 32.4 Å². The number of nitrogens with zero attached hydrogens (tertiary/aromatic N) is 3. The predicted molar refractivity (Wildman–Crippen MR) is 80.7 cm³/mol. The Labute approximate surface area is 123 Å². The lowest BCUT2D eigenvalue weighted by atomic mass is 10.0. The van der Waals surface area contributed by atoms with Crippen LogP contribution in [0.25, 0.3) is 0 Å². The number of nitrogens with one attached hydrogen (secondary N) is 1. The monoisotopic (exact) mass is 285 g/mol. The first-order valence-electron chi connectivity index (χ1n) is 7.00. The van der Waals surface area contributed by atoms with Crippen LogP contribution in [0.1, 0.15) is 22.0 Å². The highest BCUT2D eigenvalue weighted by Crippen LogP contribution is 2.27. The van der Waals surface area contributed by atoms with E-state index < -0.39 is 0 Å². The van der Waals surface area contributed by atoms with Gasteiger partial charge in [-0.1, -0.05) is 30.3 Å². The second kappa shape index (κ2) is 5.57. The molecule has 3 N–H and O–H groups in total. The summed E-state index contributed by atoms with van der Waals surface area (Å²) in [6.07, 6.45) is 1.50. The molecule has 6 heteroatoms. The fourth-order valence-corrected chi connectivity index (χ4v) is 2.74. The van der Waals surface area contributed by atoms with Gasteiger partial charge in [0.1, 0.15) is 11.4 Å². The number of carbonyl (C=O) groups is 1. The average Bonchev–Trinajstić information content (AvgIpc) is 2.93. The molecular formula is C15H19N5O. The molecule has 21 heavy (non-hydrogen) atoms. The van der Waals surface area contributed by atoms with Crippen molar-refractivity contribution in [3.8, 4) is 0 Å². The first-order chi connectivity index (χ1) is 10.2. The number of nitrogens with two attached hydrogens (primary N) is 1. The molecule has 0 bridgehead atoms. The van der Waals surface area contributed by atoms with E-state index >= 15 is 0 Å². The lowest BCUT2D eigenvalue weighted by Gasteiger charge is -2.40. The number of amides is 1. The minimum absolute atomic E-state index is 0.0340. The molecule has 2 aromatic rings. The Balaban J connectivity index is 1.91. The van der Waals surface area contributed by atoms with E-state index in [1.54, 1.807) is 0 Å². The molecule has 6 nitrogen and oxygen atoms in total. The molecule has 1 unspecified atom stereocenters. The minimum atomic E-state index is -0.0665. The summed E-state index contributed by atoms with van der Waals surface area (Å²) in [6, 6.07) is 10.1. The van der Waals surface area contributed by atoms with Gasteiger partial charge >= 0.3 is 0 Å². The number of likely N-dealkylation sites (N-methyl/N-ethyl adjacent to an activating group) is 1. The molecule has 1 aliphatic heterocycles. The quantitative estimate of drug-likeness (QED) is 0.866. The van der Waals surface area contributed by atoms with Gasteiger partial charge in [0.05, 0.1) is 12.2 Å². The van der Waals surface area contributed by atoms with Gasteiger partial charge in [-0.15, -0.1) is 0 Å². The molecule has 1 aromatic carbocycles. The summed E-state index contributed by atoms with van der Waals surface area (Å²) in [7, 11) is 2.07. The van der Waals surface area contributed by atoms with Gasteiger partial charge in [-0.2, -0.15) is 5.10 Å². The van der Waals surface area contributed by atoms with E-state index in [0.29, 0.717) is 17.9 Å². The number of aromatic amines is 1. The van der Waals surface area contributed by atoms with Crippen LogP contribution in [0, 0.1) is 0 Å². The molecule has 1 aliphatic rings. The van der Waals surface area contributed by atoms with Gasteiger partial charge in [-0.25, -0.2) is 0 Å². The number of piperazine rings is 1. The lowest BCUT2D eigenvalue weighted by Crippen LogP contribution is -2.49. The normalized spacial score (nSPS) is 19.7. The maximum Gasteiger partial charge on any atom is 0.259 e. The highest BCUT2D eigenvalue weighted by atomic mass is 16.2. The fraction of sp³-hybridized carbons (Fsp3) is 0.333. The third-order valence-electron chi connectivity index (χ3n) is 3.93. The number of anilines is 1. The van der Waals surface area contributed by atoms with Crippen LogP contribution in [-0.4, -0.2) is 52.6 Å². The summed E-state index contributed by atoms with van der Waals surface area (Å²) in [6.45, 7) is 2.35. The largest absolute Gasteiger partial charge is 0.383 e. The summed E-state index contributed by atoms with van der Waals surface area (Å²) in [5, 5.41) is 6.46. The number of aromatic nitrogens is 2. The zero-order valence-corrected chi connectivity index (χ0v) is 12.0. The maximum absolute atomic E-state index is 12.7. The molecule has 3 rings (SSSR count). The number of H-pyrrole nitrogens is 1. The molecule has 1 aromatic heterocycles. The number of carbonyl (C=O) groups excluding carboxylic acids is 1. The van der Waals surface area contributed by atoms with E-state index in [4.69, 9.17) is 5.73 Å². The van der Waals surface area contributed by atoms with Gasteiger partial charge in [0.25, 0.3) is 5.91 Å². The topological polar surface area (TPSA) is 78.2 Å².